The third-order valence-corrected chi connectivity index (χ3v) is 8.02. The summed E-state index contributed by atoms with van der Waals surface area (Å²) in [5.41, 5.74) is 3.86. The van der Waals surface area contributed by atoms with E-state index < -0.39 is 6.61 Å². The second-order valence-corrected chi connectivity index (χ2v) is 10.3. The fourth-order valence-electron chi connectivity index (χ4n) is 5.64. The largest absolute Gasteiger partial charge is 0.434 e. The Morgan fingerprint density at radius 2 is 1.76 bits per heavy atom. The van der Waals surface area contributed by atoms with E-state index in [1.807, 2.05) is 29.2 Å². The summed E-state index contributed by atoms with van der Waals surface area (Å²) < 4.78 is 31.9. The van der Waals surface area contributed by atoms with Crippen LogP contribution in [0.15, 0.2) is 36.5 Å². The van der Waals surface area contributed by atoms with Crippen molar-refractivity contribution < 1.29 is 18.3 Å². The van der Waals surface area contributed by atoms with Crippen molar-refractivity contribution in [1.82, 2.24) is 19.8 Å². The number of pyridine rings is 1. The van der Waals surface area contributed by atoms with Crippen LogP contribution in [0, 0.1) is 5.92 Å². The maximum absolute atomic E-state index is 13.4. The minimum Gasteiger partial charge on any atom is -0.434 e. The Bertz CT molecular complexity index is 1290. The van der Waals surface area contributed by atoms with Gasteiger partial charge in [0.15, 0.2) is 0 Å². The van der Waals surface area contributed by atoms with Crippen molar-refractivity contribution in [3.05, 3.63) is 36.5 Å². The smallest absolute Gasteiger partial charge is 0.387 e. The third-order valence-electron chi connectivity index (χ3n) is 8.02. The number of carbonyl (C=O) groups excluding carboxylic acids is 1. The van der Waals surface area contributed by atoms with E-state index in [0.29, 0.717) is 30.0 Å². The van der Waals surface area contributed by atoms with Crippen molar-refractivity contribution >= 4 is 28.3 Å². The van der Waals surface area contributed by atoms with Crippen molar-refractivity contribution in [2.24, 2.45) is 5.92 Å². The van der Waals surface area contributed by atoms with Crippen molar-refractivity contribution in [1.29, 1.82) is 0 Å². The van der Waals surface area contributed by atoms with Gasteiger partial charge in [-0.3, -0.25) is 4.79 Å². The van der Waals surface area contributed by atoms with Crippen molar-refractivity contribution in [3.63, 3.8) is 0 Å². The molecular formula is C28H34F2N6O2. The van der Waals surface area contributed by atoms with Gasteiger partial charge in [-0.25, -0.2) is 4.98 Å². The molecule has 2 saturated heterocycles. The van der Waals surface area contributed by atoms with Gasteiger partial charge in [0.05, 0.1) is 5.69 Å². The molecule has 3 fully saturated rings. The lowest BCUT2D eigenvalue weighted by atomic mass is 10.1. The van der Waals surface area contributed by atoms with E-state index in [0.717, 1.165) is 75.4 Å². The zero-order valence-electron chi connectivity index (χ0n) is 21.7. The molecule has 0 bridgehead atoms. The SMILES string of the molecule is CCN1CCN(c2ccc(-c3cc4c(N5CCN(C(=O)C6CC6)CC5)ccnc4[nH]3)c(OC(F)F)c2)CC1. The highest BCUT2D eigenvalue weighted by atomic mass is 19.3. The fourth-order valence-corrected chi connectivity index (χ4v) is 5.64. The van der Waals surface area contributed by atoms with Crippen LogP contribution in [0.2, 0.25) is 0 Å². The van der Waals surface area contributed by atoms with E-state index in [9.17, 15) is 13.6 Å². The molecule has 0 unspecified atom stereocenters. The number of piperazine rings is 2. The lowest BCUT2D eigenvalue weighted by Crippen LogP contribution is -2.49. The average Bonchev–Trinajstić information content (AvgIpc) is 3.70. The molecule has 10 heteroatoms. The average molecular weight is 525 g/mol. The molecule has 1 N–H and O–H groups in total. The molecule has 0 radical (unpaired) electrons. The Labute approximate surface area is 221 Å². The summed E-state index contributed by atoms with van der Waals surface area (Å²) in [5.74, 6) is 0.671. The molecule has 202 valence electrons. The second-order valence-electron chi connectivity index (χ2n) is 10.3. The number of benzene rings is 1. The van der Waals surface area contributed by atoms with Gasteiger partial charge in [0, 0.05) is 92.9 Å². The Hall–Kier alpha value is -3.40. The molecule has 4 heterocycles. The van der Waals surface area contributed by atoms with E-state index in [1.54, 1.807) is 12.3 Å². The number of nitrogens with zero attached hydrogens (tertiary/aromatic N) is 5. The molecule has 1 saturated carbocycles. The molecule has 1 aliphatic carbocycles. The van der Waals surface area contributed by atoms with Gasteiger partial charge in [0.1, 0.15) is 11.4 Å². The number of carbonyl (C=O) groups is 1. The molecule has 3 aromatic rings. The number of anilines is 2. The number of nitrogens with one attached hydrogen (secondary N) is 1. The lowest BCUT2D eigenvalue weighted by molar-refractivity contribution is -0.132. The number of aromatic amines is 1. The monoisotopic (exact) mass is 524 g/mol. The molecule has 6 rings (SSSR count). The Morgan fingerprint density at radius 1 is 1.03 bits per heavy atom. The molecule has 0 atom stereocenters. The van der Waals surface area contributed by atoms with Crippen LogP contribution < -0.4 is 14.5 Å². The van der Waals surface area contributed by atoms with Gasteiger partial charge in [-0.1, -0.05) is 6.92 Å². The third kappa shape index (κ3) is 5.01. The molecule has 2 aromatic heterocycles. The summed E-state index contributed by atoms with van der Waals surface area (Å²) in [4.78, 5) is 29.1. The summed E-state index contributed by atoms with van der Waals surface area (Å²) in [7, 11) is 0. The van der Waals surface area contributed by atoms with Crippen LogP contribution in [0.3, 0.4) is 0 Å². The van der Waals surface area contributed by atoms with Gasteiger partial charge in [0.2, 0.25) is 5.91 Å². The molecular weight excluding hydrogens is 490 g/mol. The summed E-state index contributed by atoms with van der Waals surface area (Å²) in [6, 6.07) is 9.50. The van der Waals surface area contributed by atoms with Gasteiger partial charge >= 0.3 is 6.61 Å². The zero-order chi connectivity index (χ0) is 26.2. The van der Waals surface area contributed by atoms with Gasteiger partial charge in [-0.15, -0.1) is 0 Å². The van der Waals surface area contributed by atoms with Crippen molar-refractivity contribution in [2.75, 3.05) is 68.7 Å². The molecule has 38 heavy (non-hydrogen) atoms. The number of rotatable bonds is 7. The van der Waals surface area contributed by atoms with E-state index >= 15 is 0 Å². The topological polar surface area (TPSA) is 67.9 Å². The van der Waals surface area contributed by atoms with E-state index in [1.165, 1.54) is 0 Å². The Kier molecular flexibility index (Phi) is 6.82. The Balaban J connectivity index is 1.26. The standard InChI is InChI=1S/C28H34F2N6O2/c1-2-33-9-11-34(12-10-33)20-5-6-21(25(17-20)38-28(29)30)23-18-22-24(7-8-31-26(22)32-23)35-13-15-36(16-14-35)27(37)19-3-4-19/h5-8,17-19,28H,2-4,9-16H2,1H3,(H,31,32). The number of halogens is 2. The van der Waals surface area contributed by atoms with Crippen LogP contribution in [0.1, 0.15) is 19.8 Å². The number of alkyl halides is 2. The van der Waals surface area contributed by atoms with Crippen LogP contribution in [0.4, 0.5) is 20.2 Å². The molecule has 0 spiro atoms. The van der Waals surface area contributed by atoms with Gasteiger partial charge in [0.25, 0.3) is 0 Å². The number of aromatic nitrogens is 2. The van der Waals surface area contributed by atoms with Crippen LogP contribution >= 0.6 is 0 Å². The highest BCUT2D eigenvalue weighted by molar-refractivity contribution is 5.94. The minimum absolute atomic E-state index is 0.149. The molecule has 2 aliphatic heterocycles. The number of amides is 1. The fraction of sp³-hybridized carbons (Fsp3) is 0.500. The quantitative estimate of drug-likeness (QED) is 0.504. The summed E-state index contributed by atoms with van der Waals surface area (Å²) >= 11 is 0. The second kappa shape index (κ2) is 10.4. The first-order chi connectivity index (χ1) is 18.5. The first kappa shape index (κ1) is 24.9. The van der Waals surface area contributed by atoms with Crippen LogP contribution in [0.5, 0.6) is 5.75 Å². The van der Waals surface area contributed by atoms with Gasteiger partial charge < -0.3 is 29.3 Å². The summed E-state index contributed by atoms with van der Waals surface area (Å²) in [5, 5.41) is 0.923. The summed E-state index contributed by atoms with van der Waals surface area (Å²) in [6.45, 7) is 6.73. The normalized spacial score (nSPS) is 19.0. The minimum atomic E-state index is -2.92. The van der Waals surface area contributed by atoms with Crippen LogP contribution in [-0.4, -0.2) is 91.2 Å². The van der Waals surface area contributed by atoms with Crippen LogP contribution in [-0.2, 0) is 4.79 Å². The van der Waals surface area contributed by atoms with E-state index in [4.69, 9.17) is 4.74 Å². The predicted molar refractivity (Wildman–Crippen MR) is 144 cm³/mol. The van der Waals surface area contributed by atoms with Gasteiger partial charge in [-0.2, -0.15) is 8.78 Å². The highest BCUT2D eigenvalue weighted by Gasteiger charge is 2.34. The maximum Gasteiger partial charge on any atom is 0.387 e. The zero-order valence-corrected chi connectivity index (χ0v) is 21.7. The Morgan fingerprint density at radius 3 is 2.45 bits per heavy atom. The first-order valence-electron chi connectivity index (χ1n) is 13.6. The number of H-pyrrole nitrogens is 1. The van der Waals surface area contributed by atoms with Crippen LogP contribution in [0.25, 0.3) is 22.3 Å². The number of likely N-dealkylation sites (N-methyl/N-ethyl adjacent to an activating group) is 1. The maximum atomic E-state index is 13.4. The molecule has 1 amide bonds. The number of hydrogen-bond donors (Lipinski definition) is 1. The summed E-state index contributed by atoms with van der Waals surface area (Å²) in [6.07, 6.45) is 3.79. The highest BCUT2D eigenvalue weighted by Crippen LogP contribution is 2.38. The van der Waals surface area contributed by atoms with E-state index in [-0.39, 0.29) is 17.6 Å². The first-order valence-corrected chi connectivity index (χ1v) is 13.6. The molecule has 3 aliphatic rings. The van der Waals surface area contributed by atoms with Crippen molar-refractivity contribution in [2.45, 2.75) is 26.4 Å². The predicted octanol–water partition coefficient (Wildman–Crippen LogP) is 4.03. The molecule has 8 nitrogen and oxygen atoms in total. The number of ether oxygens (including phenoxy) is 1. The van der Waals surface area contributed by atoms with Gasteiger partial charge in [-0.05, 0) is 43.7 Å². The number of hydrogen-bond acceptors (Lipinski definition) is 6. The lowest BCUT2D eigenvalue weighted by Gasteiger charge is -2.36. The molecule has 1 aromatic carbocycles. The van der Waals surface area contributed by atoms with Crippen molar-refractivity contribution in [3.8, 4) is 17.0 Å². The number of fused-ring (bicyclic) bond motifs is 1. The van der Waals surface area contributed by atoms with E-state index in [2.05, 4.69) is 31.6 Å².